The Balaban J connectivity index is 1.70. The zero-order valence-corrected chi connectivity index (χ0v) is 17.8. The van der Waals surface area contributed by atoms with E-state index in [2.05, 4.69) is 55.8 Å². The number of nitrogens with one attached hydrogen (secondary N) is 2. The maximum atomic E-state index is 12.4. The third-order valence-electron chi connectivity index (χ3n) is 3.65. The van der Waals surface area contributed by atoms with Gasteiger partial charge in [0.15, 0.2) is 0 Å². The molecule has 0 bridgehead atoms. The molecule has 3 aromatic rings. The summed E-state index contributed by atoms with van der Waals surface area (Å²) in [4.78, 5) is 24.7. The van der Waals surface area contributed by atoms with Crippen molar-refractivity contribution in [2.75, 3.05) is 10.6 Å². The summed E-state index contributed by atoms with van der Waals surface area (Å²) < 4.78 is 1.93. The second-order valence-corrected chi connectivity index (χ2v) is 7.77. The predicted octanol–water partition coefficient (Wildman–Crippen LogP) is 5.40. The topological polar surface area (TPSA) is 58.2 Å². The van der Waals surface area contributed by atoms with Gasteiger partial charge in [-0.1, -0.05) is 24.3 Å². The normalized spacial score (nSPS) is 10.2. The number of benzene rings is 3. The van der Waals surface area contributed by atoms with Gasteiger partial charge < -0.3 is 10.6 Å². The lowest BCUT2D eigenvalue weighted by Crippen LogP contribution is -2.15. The highest BCUT2D eigenvalue weighted by Gasteiger charge is 2.11. The molecule has 0 saturated heterocycles. The molecule has 0 aliphatic heterocycles. The lowest BCUT2D eigenvalue weighted by atomic mass is 10.1. The fourth-order valence-corrected chi connectivity index (χ4v) is 3.33. The first kappa shape index (κ1) is 18.8. The Bertz CT molecular complexity index is 878. The van der Waals surface area contributed by atoms with Crippen LogP contribution in [-0.4, -0.2) is 11.8 Å². The van der Waals surface area contributed by atoms with E-state index in [1.54, 1.807) is 24.3 Å². The molecule has 2 amide bonds. The molecular formula is C20H14I2N2O2. The van der Waals surface area contributed by atoms with Crippen molar-refractivity contribution in [1.29, 1.82) is 0 Å². The van der Waals surface area contributed by atoms with E-state index >= 15 is 0 Å². The van der Waals surface area contributed by atoms with Crippen molar-refractivity contribution in [1.82, 2.24) is 0 Å². The Labute approximate surface area is 178 Å². The van der Waals surface area contributed by atoms with Crippen molar-refractivity contribution < 1.29 is 9.59 Å². The molecular weight excluding hydrogens is 554 g/mol. The molecule has 3 aromatic carbocycles. The van der Waals surface area contributed by atoms with Gasteiger partial charge in [-0.15, -0.1) is 0 Å². The smallest absolute Gasteiger partial charge is 0.255 e. The number of halogens is 2. The van der Waals surface area contributed by atoms with Crippen molar-refractivity contribution in [3.63, 3.8) is 0 Å². The number of anilines is 2. The summed E-state index contributed by atoms with van der Waals surface area (Å²) in [6.45, 7) is 0. The Morgan fingerprint density at radius 1 is 0.577 bits per heavy atom. The maximum absolute atomic E-state index is 12.4. The number of amides is 2. The average Bonchev–Trinajstić information content (AvgIpc) is 2.65. The summed E-state index contributed by atoms with van der Waals surface area (Å²) in [5.74, 6) is -0.419. The fraction of sp³-hybridized carbons (Fsp3) is 0. The molecule has 2 N–H and O–H groups in total. The Morgan fingerprint density at radius 2 is 0.923 bits per heavy atom. The lowest BCUT2D eigenvalue weighted by molar-refractivity contribution is 0.101. The third kappa shape index (κ3) is 4.61. The van der Waals surface area contributed by atoms with Crippen molar-refractivity contribution in [2.45, 2.75) is 0 Å². The second-order valence-electron chi connectivity index (χ2n) is 5.45. The molecule has 0 unspecified atom stereocenters. The van der Waals surface area contributed by atoms with E-state index in [1.165, 1.54) is 0 Å². The van der Waals surface area contributed by atoms with Crippen LogP contribution in [0, 0.1) is 7.14 Å². The van der Waals surface area contributed by atoms with Crippen LogP contribution in [-0.2, 0) is 0 Å². The van der Waals surface area contributed by atoms with Crippen molar-refractivity contribution >= 4 is 68.4 Å². The first-order valence-corrected chi connectivity index (χ1v) is 9.92. The van der Waals surface area contributed by atoms with Crippen LogP contribution >= 0.6 is 45.2 Å². The molecule has 0 spiro atoms. The molecule has 26 heavy (non-hydrogen) atoms. The predicted molar refractivity (Wildman–Crippen MR) is 121 cm³/mol. The number of hydrogen-bond donors (Lipinski definition) is 2. The summed E-state index contributed by atoms with van der Waals surface area (Å²) in [5, 5.41) is 5.75. The van der Waals surface area contributed by atoms with E-state index < -0.39 is 0 Å². The molecule has 4 nitrogen and oxygen atoms in total. The quantitative estimate of drug-likeness (QED) is 0.415. The molecule has 0 atom stereocenters. The molecule has 130 valence electrons. The van der Waals surface area contributed by atoms with E-state index in [0.29, 0.717) is 11.1 Å². The van der Waals surface area contributed by atoms with Crippen LogP contribution in [0.1, 0.15) is 20.7 Å². The maximum Gasteiger partial charge on any atom is 0.255 e. The first-order chi connectivity index (χ1) is 12.5. The molecule has 0 aliphatic rings. The molecule has 6 heteroatoms. The van der Waals surface area contributed by atoms with Crippen LogP contribution in [0.4, 0.5) is 11.4 Å². The standard InChI is InChI=1S/C20H14I2N2O2/c21-15-5-1-3-7-17(15)23-19(25)13-9-11-14(12-10-13)20(26)24-18-8-4-2-6-16(18)22/h1-12H,(H,23,25)(H,24,26). The van der Waals surface area contributed by atoms with Gasteiger partial charge in [0.2, 0.25) is 0 Å². The number of hydrogen-bond acceptors (Lipinski definition) is 2. The molecule has 0 radical (unpaired) electrons. The monoisotopic (exact) mass is 568 g/mol. The fourth-order valence-electron chi connectivity index (χ4n) is 2.29. The molecule has 0 aromatic heterocycles. The SMILES string of the molecule is O=C(Nc1ccccc1I)c1ccc(C(=O)Nc2ccccc2I)cc1. The Morgan fingerprint density at radius 3 is 1.27 bits per heavy atom. The number of carbonyl (C=O) groups is 2. The third-order valence-corrected chi connectivity index (χ3v) is 5.53. The first-order valence-electron chi connectivity index (χ1n) is 7.76. The summed E-state index contributed by atoms with van der Waals surface area (Å²) in [6.07, 6.45) is 0. The lowest BCUT2D eigenvalue weighted by Gasteiger charge is -2.09. The van der Waals surface area contributed by atoms with Gasteiger partial charge in [-0.2, -0.15) is 0 Å². The molecule has 0 heterocycles. The van der Waals surface area contributed by atoms with Gasteiger partial charge in [-0.05, 0) is 93.7 Å². The number of para-hydroxylation sites is 2. The van der Waals surface area contributed by atoms with Crippen molar-refractivity contribution in [2.24, 2.45) is 0 Å². The minimum Gasteiger partial charge on any atom is -0.321 e. The van der Waals surface area contributed by atoms with Crippen LogP contribution in [0.3, 0.4) is 0 Å². The van der Waals surface area contributed by atoms with Crippen molar-refractivity contribution in [3.05, 3.63) is 91.1 Å². The van der Waals surface area contributed by atoms with Crippen LogP contribution in [0.25, 0.3) is 0 Å². The number of carbonyl (C=O) groups excluding carboxylic acids is 2. The Hall–Kier alpha value is -1.94. The van der Waals surface area contributed by atoms with E-state index in [-0.39, 0.29) is 11.8 Å². The second kappa shape index (κ2) is 8.63. The van der Waals surface area contributed by atoms with Gasteiger partial charge in [-0.3, -0.25) is 9.59 Å². The van der Waals surface area contributed by atoms with E-state index in [0.717, 1.165) is 18.5 Å². The van der Waals surface area contributed by atoms with E-state index in [4.69, 9.17) is 0 Å². The summed E-state index contributed by atoms with van der Waals surface area (Å²) in [6, 6.07) is 21.7. The summed E-state index contributed by atoms with van der Waals surface area (Å²) in [5.41, 5.74) is 2.52. The van der Waals surface area contributed by atoms with Gasteiger partial charge in [0.05, 0.1) is 11.4 Å². The minimum absolute atomic E-state index is 0.210. The van der Waals surface area contributed by atoms with E-state index in [1.807, 2.05) is 48.5 Å². The molecule has 0 aliphatic carbocycles. The molecule has 3 rings (SSSR count). The van der Waals surface area contributed by atoms with Gasteiger partial charge in [0.25, 0.3) is 11.8 Å². The number of rotatable bonds is 4. The zero-order chi connectivity index (χ0) is 18.5. The van der Waals surface area contributed by atoms with Crippen molar-refractivity contribution in [3.8, 4) is 0 Å². The highest BCUT2D eigenvalue weighted by Crippen LogP contribution is 2.19. The average molecular weight is 568 g/mol. The summed E-state index contributed by atoms with van der Waals surface area (Å²) >= 11 is 4.34. The van der Waals surface area contributed by atoms with Gasteiger partial charge >= 0.3 is 0 Å². The highest BCUT2D eigenvalue weighted by atomic mass is 127. The summed E-state index contributed by atoms with van der Waals surface area (Å²) in [7, 11) is 0. The Kier molecular flexibility index (Phi) is 6.25. The van der Waals surface area contributed by atoms with Crippen LogP contribution in [0.5, 0.6) is 0 Å². The highest BCUT2D eigenvalue weighted by molar-refractivity contribution is 14.1. The largest absolute Gasteiger partial charge is 0.321 e. The van der Waals surface area contributed by atoms with E-state index in [9.17, 15) is 9.59 Å². The van der Waals surface area contributed by atoms with Crippen LogP contribution < -0.4 is 10.6 Å². The zero-order valence-electron chi connectivity index (χ0n) is 13.5. The molecule has 0 saturated carbocycles. The van der Waals surface area contributed by atoms with Crippen LogP contribution in [0.15, 0.2) is 72.8 Å². The van der Waals surface area contributed by atoms with Crippen LogP contribution in [0.2, 0.25) is 0 Å². The minimum atomic E-state index is -0.210. The van der Waals surface area contributed by atoms with Gasteiger partial charge in [0.1, 0.15) is 0 Å². The van der Waals surface area contributed by atoms with Gasteiger partial charge in [-0.25, -0.2) is 0 Å². The molecule has 0 fully saturated rings. The van der Waals surface area contributed by atoms with Gasteiger partial charge in [0, 0.05) is 18.3 Å².